The van der Waals surface area contributed by atoms with Gasteiger partial charge in [0.2, 0.25) is 5.91 Å². The number of aromatic nitrogens is 2. The number of aryl methyl sites for hydroxylation is 1. The van der Waals surface area contributed by atoms with Crippen LogP contribution < -0.4 is 22.1 Å². The van der Waals surface area contributed by atoms with Gasteiger partial charge in [-0.15, -0.1) is 11.3 Å². The third kappa shape index (κ3) is 5.66. The van der Waals surface area contributed by atoms with Gasteiger partial charge in [-0.25, -0.2) is 9.78 Å². The maximum atomic E-state index is 12.9. The number of nitrogens with one attached hydrogen (secondary N) is 3. The van der Waals surface area contributed by atoms with E-state index in [-0.39, 0.29) is 22.1 Å². The number of carboxylic acids is 1. The molecule has 0 saturated heterocycles. The summed E-state index contributed by atoms with van der Waals surface area (Å²) in [7, 11) is 0. The number of amides is 3. The number of hydrogen-bond donors (Lipinski definition) is 6. The second kappa shape index (κ2) is 11.0. The SMILES string of the molecule is NCCCc1c(C(=O)O)[nH]c2ccc(C(=O)Nc3nc(C(=O)NC(C(N)=O)c4ccccc4)cs3)cc12. The molecule has 2 aromatic carbocycles. The fourth-order valence-electron chi connectivity index (χ4n) is 3.88. The molecule has 0 aliphatic carbocycles. The van der Waals surface area contributed by atoms with Gasteiger partial charge in [0.05, 0.1) is 0 Å². The fraction of sp³-hybridized carbons (Fsp3) is 0.160. The zero-order valence-corrected chi connectivity index (χ0v) is 20.3. The number of thiazole rings is 1. The Labute approximate surface area is 214 Å². The van der Waals surface area contributed by atoms with E-state index in [9.17, 15) is 24.3 Å². The van der Waals surface area contributed by atoms with Crippen molar-refractivity contribution in [2.45, 2.75) is 18.9 Å². The summed E-state index contributed by atoms with van der Waals surface area (Å²) in [5, 5.41) is 17.0. The molecule has 8 N–H and O–H groups in total. The normalized spacial score (nSPS) is 11.7. The summed E-state index contributed by atoms with van der Waals surface area (Å²) < 4.78 is 0. The van der Waals surface area contributed by atoms with Crippen LogP contribution in [-0.2, 0) is 11.2 Å². The van der Waals surface area contributed by atoms with E-state index in [1.54, 1.807) is 48.5 Å². The summed E-state index contributed by atoms with van der Waals surface area (Å²) in [6.45, 7) is 0.400. The molecule has 2 heterocycles. The number of nitrogens with two attached hydrogens (primary N) is 2. The first kappa shape index (κ1) is 25.5. The molecule has 0 radical (unpaired) electrons. The van der Waals surface area contributed by atoms with Crippen LogP contribution in [0.2, 0.25) is 0 Å². The number of aromatic carboxylic acids is 1. The molecule has 4 rings (SSSR count). The van der Waals surface area contributed by atoms with Gasteiger partial charge in [0.15, 0.2) is 5.13 Å². The Balaban J connectivity index is 1.50. The van der Waals surface area contributed by atoms with E-state index < -0.39 is 29.7 Å². The molecule has 0 bridgehead atoms. The first-order valence-electron chi connectivity index (χ1n) is 11.3. The summed E-state index contributed by atoms with van der Waals surface area (Å²) in [4.78, 5) is 56.1. The Bertz CT molecular complexity index is 1480. The quantitative estimate of drug-likeness (QED) is 0.185. The summed E-state index contributed by atoms with van der Waals surface area (Å²) in [5.74, 6) is -2.91. The van der Waals surface area contributed by atoms with Crippen molar-refractivity contribution in [1.82, 2.24) is 15.3 Å². The minimum Gasteiger partial charge on any atom is -0.477 e. The van der Waals surface area contributed by atoms with Crippen molar-refractivity contribution in [1.29, 1.82) is 0 Å². The van der Waals surface area contributed by atoms with Gasteiger partial charge in [-0.1, -0.05) is 30.3 Å². The van der Waals surface area contributed by atoms with Crippen molar-refractivity contribution in [2.24, 2.45) is 11.5 Å². The molecule has 37 heavy (non-hydrogen) atoms. The molecular weight excluding hydrogens is 496 g/mol. The van der Waals surface area contributed by atoms with E-state index in [2.05, 4.69) is 20.6 Å². The number of H-pyrrole nitrogens is 1. The molecule has 0 aliphatic rings. The van der Waals surface area contributed by atoms with Crippen LogP contribution in [0, 0.1) is 0 Å². The first-order valence-corrected chi connectivity index (χ1v) is 12.2. The molecule has 0 fully saturated rings. The molecule has 0 spiro atoms. The number of carbonyl (C=O) groups is 4. The van der Waals surface area contributed by atoms with E-state index in [1.807, 2.05) is 0 Å². The summed E-state index contributed by atoms with van der Waals surface area (Å²) >= 11 is 1.04. The van der Waals surface area contributed by atoms with Gasteiger partial charge in [0.25, 0.3) is 11.8 Å². The molecule has 0 saturated carbocycles. The first-order chi connectivity index (χ1) is 17.8. The van der Waals surface area contributed by atoms with E-state index in [4.69, 9.17) is 11.5 Å². The highest BCUT2D eigenvalue weighted by Crippen LogP contribution is 2.26. The summed E-state index contributed by atoms with van der Waals surface area (Å²) in [6, 6.07) is 12.3. The lowest BCUT2D eigenvalue weighted by molar-refractivity contribution is -0.120. The molecule has 12 heteroatoms. The Hall–Kier alpha value is -4.55. The van der Waals surface area contributed by atoms with Gasteiger partial charge in [-0.3, -0.25) is 19.7 Å². The zero-order chi connectivity index (χ0) is 26.5. The van der Waals surface area contributed by atoms with Crippen molar-refractivity contribution in [3.63, 3.8) is 0 Å². The third-order valence-corrected chi connectivity index (χ3v) is 6.42. The Morgan fingerprint density at radius 2 is 1.84 bits per heavy atom. The van der Waals surface area contributed by atoms with Crippen LogP contribution in [0.4, 0.5) is 5.13 Å². The molecule has 0 aliphatic heterocycles. The van der Waals surface area contributed by atoms with Crippen LogP contribution in [0.25, 0.3) is 10.9 Å². The number of hydrogen-bond acceptors (Lipinski definition) is 7. The van der Waals surface area contributed by atoms with Crippen molar-refractivity contribution in [3.8, 4) is 0 Å². The van der Waals surface area contributed by atoms with Crippen molar-refractivity contribution < 1.29 is 24.3 Å². The van der Waals surface area contributed by atoms with Gasteiger partial charge in [0, 0.05) is 21.8 Å². The number of primary amides is 1. The standard InChI is InChI=1S/C25H24N6O5S/c26-10-4-7-15-16-11-14(8-9-17(16)28-20(15)24(35)36)22(33)31-25-29-18(12-37-25)23(34)30-19(21(27)32)13-5-2-1-3-6-13/h1-3,5-6,8-9,11-12,19,28H,4,7,10,26H2,(H2,27,32)(H,30,34)(H,35,36)(H,29,31,33). The lowest BCUT2D eigenvalue weighted by Crippen LogP contribution is -2.37. The number of carboxylic acid groups (broad SMARTS) is 1. The van der Waals surface area contributed by atoms with Crippen LogP contribution in [-0.4, -0.2) is 45.3 Å². The molecule has 2 aromatic heterocycles. The van der Waals surface area contributed by atoms with Crippen molar-refractivity contribution in [3.05, 3.63) is 82.0 Å². The minimum atomic E-state index is -1.09. The average molecular weight is 521 g/mol. The highest BCUT2D eigenvalue weighted by atomic mass is 32.1. The van der Waals surface area contributed by atoms with Crippen molar-refractivity contribution in [2.75, 3.05) is 11.9 Å². The van der Waals surface area contributed by atoms with E-state index in [0.717, 1.165) is 11.3 Å². The van der Waals surface area contributed by atoms with Gasteiger partial charge >= 0.3 is 5.97 Å². The molecule has 1 unspecified atom stereocenters. The molecule has 11 nitrogen and oxygen atoms in total. The number of carbonyl (C=O) groups excluding carboxylic acids is 3. The molecule has 1 atom stereocenters. The topological polar surface area (TPSA) is 193 Å². The fourth-order valence-corrected chi connectivity index (χ4v) is 4.57. The van der Waals surface area contributed by atoms with E-state index >= 15 is 0 Å². The van der Waals surface area contributed by atoms with Crippen LogP contribution in [0.15, 0.2) is 53.9 Å². The van der Waals surface area contributed by atoms with Gasteiger partial charge in [0.1, 0.15) is 17.4 Å². The molecule has 4 aromatic rings. The van der Waals surface area contributed by atoms with Crippen LogP contribution in [0.1, 0.15) is 54.9 Å². The van der Waals surface area contributed by atoms with Crippen LogP contribution in [0.5, 0.6) is 0 Å². The molecule has 3 amide bonds. The van der Waals surface area contributed by atoms with Crippen molar-refractivity contribution >= 4 is 51.1 Å². The highest BCUT2D eigenvalue weighted by Gasteiger charge is 2.23. The van der Waals surface area contributed by atoms with Crippen LogP contribution >= 0.6 is 11.3 Å². The zero-order valence-electron chi connectivity index (χ0n) is 19.5. The highest BCUT2D eigenvalue weighted by molar-refractivity contribution is 7.14. The van der Waals surface area contributed by atoms with E-state index in [1.165, 1.54) is 5.38 Å². The maximum Gasteiger partial charge on any atom is 0.352 e. The van der Waals surface area contributed by atoms with Crippen LogP contribution in [0.3, 0.4) is 0 Å². The third-order valence-electron chi connectivity index (χ3n) is 5.66. The van der Waals surface area contributed by atoms with Gasteiger partial charge in [-0.2, -0.15) is 0 Å². The molecular formula is C25H24N6O5S. The monoisotopic (exact) mass is 520 g/mol. The molecule has 190 valence electrons. The summed E-state index contributed by atoms with van der Waals surface area (Å²) in [6.07, 6.45) is 1.04. The number of benzene rings is 2. The lowest BCUT2D eigenvalue weighted by Gasteiger charge is -2.14. The predicted octanol–water partition coefficient (Wildman–Crippen LogP) is 2.42. The number of aromatic amines is 1. The second-order valence-electron chi connectivity index (χ2n) is 8.15. The second-order valence-corrected chi connectivity index (χ2v) is 9.01. The predicted molar refractivity (Wildman–Crippen MR) is 139 cm³/mol. The lowest BCUT2D eigenvalue weighted by atomic mass is 10.0. The minimum absolute atomic E-state index is 0.0127. The Morgan fingerprint density at radius 1 is 1.08 bits per heavy atom. The smallest absolute Gasteiger partial charge is 0.352 e. The van der Waals surface area contributed by atoms with Gasteiger partial charge < -0.3 is 26.9 Å². The number of anilines is 1. The van der Waals surface area contributed by atoms with E-state index in [0.29, 0.717) is 41.4 Å². The Morgan fingerprint density at radius 3 is 2.51 bits per heavy atom. The summed E-state index contributed by atoms with van der Waals surface area (Å²) in [5.41, 5.74) is 13.1. The Kier molecular flexibility index (Phi) is 7.60. The number of rotatable bonds is 10. The largest absolute Gasteiger partial charge is 0.477 e. The van der Waals surface area contributed by atoms with Gasteiger partial charge in [-0.05, 0) is 48.7 Å². The maximum absolute atomic E-state index is 12.9. The number of nitrogens with zero attached hydrogens (tertiary/aromatic N) is 1. The number of fused-ring (bicyclic) bond motifs is 1. The average Bonchev–Trinajstić information content (AvgIpc) is 3.50.